The fourth-order valence-corrected chi connectivity index (χ4v) is 1.00. The maximum Gasteiger partial charge on any atom is 0.0596 e. The van der Waals surface area contributed by atoms with E-state index in [1.54, 1.807) is 0 Å². The summed E-state index contributed by atoms with van der Waals surface area (Å²) < 4.78 is 0. The Hall–Kier alpha value is -0.370. The van der Waals surface area contributed by atoms with Crippen LogP contribution in [0.5, 0.6) is 0 Å². The van der Waals surface area contributed by atoms with E-state index < -0.39 is 0 Å². The predicted molar refractivity (Wildman–Crippen MR) is 40.0 cm³/mol. The molecule has 0 unspecified atom stereocenters. The standard InChI is InChI=1S/C7H14N2/c1-5-4-8-6(2)7(3)9-5/h5-6,8H,4H2,1-3H3/t5-,6-/m0/s1. The van der Waals surface area contributed by atoms with Crippen LogP contribution in [0.15, 0.2) is 4.99 Å². The van der Waals surface area contributed by atoms with Crippen LogP contribution in [0.4, 0.5) is 0 Å². The molecule has 2 heteroatoms. The molecule has 0 saturated heterocycles. The molecule has 0 aliphatic carbocycles. The van der Waals surface area contributed by atoms with E-state index in [1.807, 2.05) is 0 Å². The van der Waals surface area contributed by atoms with Crippen LogP contribution in [0.2, 0.25) is 0 Å². The Morgan fingerprint density at radius 3 is 2.67 bits per heavy atom. The Labute approximate surface area is 56.4 Å². The van der Waals surface area contributed by atoms with Gasteiger partial charge in [-0.1, -0.05) is 0 Å². The van der Waals surface area contributed by atoms with Crippen LogP contribution in [0.3, 0.4) is 0 Å². The van der Waals surface area contributed by atoms with Crippen LogP contribution in [0, 0.1) is 0 Å². The summed E-state index contributed by atoms with van der Waals surface area (Å²) in [4.78, 5) is 4.42. The third-order valence-corrected chi connectivity index (χ3v) is 1.77. The first kappa shape index (κ1) is 6.75. The molecule has 1 aliphatic heterocycles. The minimum absolute atomic E-state index is 0.473. The lowest BCUT2D eigenvalue weighted by atomic mass is 10.1. The largest absolute Gasteiger partial charge is 0.307 e. The van der Waals surface area contributed by atoms with Crippen molar-refractivity contribution in [2.24, 2.45) is 4.99 Å². The van der Waals surface area contributed by atoms with Crippen LogP contribution in [-0.2, 0) is 0 Å². The van der Waals surface area contributed by atoms with E-state index in [9.17, 15) is 0 Å². The number of rotatable bonds is 0. The fourth-order valence-electron chi connectivity index (χ4n) is 1.00. The molecule has 0 radical (unpaired) electrons. The average Bonchev–Trinajstić information content (AvgIpc) is 1.80. The van der Waals surface area contributed by atoms with E-state index in [0.29, 0.717) is 12.1 Å². The van der Waals surface area contributed by atoms with Gasteiger partial charge in [0.05, 0.1) is 6.04 Å². The highest BCUT2D eigenvalue weighted by Gasteiger charge is 2.12. The molecular weight excluding hydrogens is 112 g/mol. The van der Waals surface area contributed by atoms with Crippen LogP contribution in [0.1, 0.15) is 20.8 Å². The highest BCUT2D eigenvalue weighted by Crippen LogP contribution is 1.99. The van der Waals surface area contributed by atoms with Crippen molar-refractivity contribution in [1.29, 1.82) is 0 Å². The van der Waals surface area contributed by atoms with Crippen molar-refractivity contribution in [2.75, 3.05) is 6.54 Å². The molecule has 2 nitrogen and oxygen atoms in total. The summed E-state index contributed by atoms with van der Waals surface area (Å²) in [5.74, 6) is 0. The molecule has 2 atom stereocenters. The predicted octanol–water partition coefficient (Wildman–Crippen LogP) is 0.828. The van der Waals surface area contributed by atoms with Gasteiger partial charge in [-0.05, 0) is 20.8 Å². The Kier molecular flexibility index (Phi) is 1.86. The highest BCUT2D eigenvalue weighted by atomic mass is 15.0. The first-order valence-electron chi connectivity index (χ1n) is 3.48. The molecule has 9 heavy (non-hydrogen) atoms. The minimum atomic E-state index is 0.473. The van der Waals surface area contributed by atoms with Gasteiger partial charge in [0.15, 0.2) is 0 Å². The fraction of sp³-hybridized carbons (Fsp3) is 0.857. The summed E-state index contributed by atoms with van der Waals surface area (Å²) in [6, 6.07) is 0.961. The van der Waals surface area contributed by atoms with Crippen molar-refractivity contribution < 1.29 is 0 Å². The molecule has 0 fully saturated rings. The Balaban J connectivity index is 2.61. The molecule has 0 aromatic rings. The van der Waals surface area contributed by atoms with E-state index >= 15 is 0 Å². The number of nitrogens with zero attached hydrogens (tertiary/aromatic N) is 1. The summed E-state index contributed by atoms with van der Waals surface area (Å²) in [5, 5.41) is 3.35. The van der Waals surface area contributed by atoms with Crippen molar-refractivity contribution >= 4 is 5.71 Å². The van der Waals surface area contributed by atoms with Gasteiger partial charge in [0.25, 0.3) is 0 Å². The maximum atomic E-state index is 4.42. The van der Waals surface area contributed by atoms with Crippen molar-refractivity contribution in [2.45, 2.75) is 32.9 Å². The summed E-state index contributed by atoms with van der Waals surface area (Å²) in [6.45, 7) is 7.37. The van der Waals surface area contributed by atoms with Crippen LogP contribution < -0.4 is 5.32 Å². The van der Waals surface area contributed by atoms with Crippen molar-refractivity contribution in [3.05, 3.63) is 0 Å². The summed E-state index contributed by atoms with van der Waals surface area (Å²) >= 11 is 0. The molecular formula is C7H14N2. The number of hydrogen-bond donors (Lipinski definition) is 1. The minimum Gasteiger partial charge on any atom is -0.307 e. The molecule has 0 spiro atoms. The third kappa shape index (κ3) is 1.52. The van der Waals surface area contributed by atoms with Gasteiger partial charge in [-0.15, -0.1) is 0 Å². The molecule has 0 aromatic heterocycles. The number of aliphatic imine (C=N–C) groups is 1. The van der Waals surface area contributed by atoms with E-state index in [2.05, 4.69) is 31.1 Å². The van der Waals surface area contributed by atoms with E-state index in [4.69, 9.17) is 0 Å². The molecule has 0 aromatic carbocycles. The monoisotopic (exact) mass is 126 g/mol. The molecule has 1 aliphatic rings. The summed E-state index contributed by atoms with van der Waals surface area (Å²) in [7, 11) is 0. The highest BCUT2D eigenvalue weighted by molar-refractivity contribution is 5.87. The van der Waals surface area contributed by atoms with Gasteiger partial charge in [0, 0.05) is 18.3 Å². The molecule has 1 N–H and O–H groups in total. The molecule has 1 heterocycles. The molecule has 52 valence electrons. The second kappa shape index (κ2) is 2.48. The number of hydrogen-bond acceptors (Lipinski definition) is 2. The zero-order valence-corrected chi connectivity index (χ0v) is 6.31. The van der Waals surface area contributed by atoms with Crippen LogP contribution in [0.25, 0.3) is 0 Å². The first-order chi connectivity index (χ1) is 4.20. The average molecular weight is 126 g/mol. The van der Waals surface area contributed by atoms with Gasteiger partial charge in [-0.25, -0.2) is 0 Å². The van der Waals surface area contributed by atoms with Gasteiger partial charge in [0.2, 0.25) is 0 Å². The van der Waals surface area contributed by atoms with E-state index in [1.165, 1.54) is 5.71 Å². The lowest BCUT2D eigenvalue weighted by molar-refractivity contribution is 0.556. The van der Waals surface area contributed by atoms with Crippen molar-refractivity contribution in [1.82, 2.24) is 5.32 Å². The Bertz CT molecular complexity index is 129. The van der Waals surface area contributed by atoms with Crippen LogP contribution >= 0.6 is 0 Å². The van der Waals surface area contributed by atoms with Crippen LogP contribution in [-0.4, -0.2) is 24.3 Å². The summed E-state index contributed by atoms with van der Waals surface area (Å²) in [5.41, 5.74) is 1.23. The van der Waals surface area contributed by atoms with Crippen molar-refractivity contribution in [3.63, 3.8) is 0 Å². The van der Waals surface area contributed by atoms with E-state index in [-0.39, 0.29) is 0 Å². The van der Waals surface area contributed by atoms with Gasteiger partial charge < -0.3 is 5.32 Å². The lowest BCUT2D eigenvalue weighted by Gasteiger charge is -2.22. The quantitative estimate of drug-likeness (QED) is 0.510. The Morgan fingerprint density at radius 1 is 1.56 bits per heavy atom. The number of nitrogens with one attached hydrogen (secondary N) is 1. The van der Waals surface area contributed by atoms with Gasteiger partial charge in [0.1, 0.15) is 0 Å². The maximum absolute atomic E-state index is 4.42. The van der Waals surface area contributed by atoms with Crippen molar-refractivity contribution in [3.8, 4) is 0 Å². The first-order valence-corrected chi connectivity index (χ1v) is 3.48. The molecule has 0 bridgehead atoms. The Morgan fingerprint density at radius 2 is 2.22 bits per heavy atom. The molecule has 0 saturated carbocycles. The lowest BCUT2D eigenvalue weighted by Crippen LogP contribution is -2.41. The second-order valence-electron chi connectivity index (χ2n) is 2.75. The van der Waals surface area contributed by atoms with Gasteiger partial charge >= 0.3 is 0 Å². The smallest absolute Gasteiger partial charge is 0.0596 e. The zero-order chi connectivity index (χ0) is 6.85. The van der Waals surface area contributed by atoms with E-state index in [0.717, 1.165) is 6.54 Å². The van der Waals surface area contributed by atoms with Gasteiger partial charge in [-0.3, -0.25) is 4.99 Å². The third-order valence-electron chi connectivity index (χ3n) is 1.77. The SMILES string of the molecule is CC1=N[C@@H](C)CN[C@H]1C. The topological polar surface area (TPSA) is 24.4 Å². The molecule has 0 amide bonds. The van der Waals surface area contributed by atoms with Gasteiger partial charge in [-0.2, -0.15) is 0 Å². The normalized spacial score (nSPS) is 36.1. The zero-order valence-electron chi connectivity index (χ0n) is 6.31. The molecule has 1 rings (SSSR count). The summed E-state index contributed by atoms with van der Waals surface area (Å²) in [6.07, 6.45) is 0. The second-order valence-corrected chi connectivity index (χ2v) is 2.75.